The van der Waals surface area contributed by atoms with Gasteiger partial charge in [0.1, 0.15) is 0 Å². The van der Waals surface area contributed by atoms with Gasteiger partial charge >= 0.3 is 0 Å². The van der Waals surface area contributed by atoms with E-state index in [4.69, 9.17) is 16.3 Å². The van der Waals surface area contributed by atoms with Crippen LogP contribution in [-0.2, 0) is 10.0 Å². The largest absolute Gasteiger partial charge is 0.490 e. The average Bonchev–Trinajstić information content (AvgIpc) is 2.50. The predicted molar refractivity (Wildman–Crippen MR) is 90.6 cm³/mol. The molecule has 0 saturated carbocycles. The molecule has 0 bridgehead atoms. The molecule has 0 aromatic heterocycles. The topological polar surface area (TPSA) is 55.4 Å². The van der Waals surface area contributed by atoms with Crippen LogP contribution in [0.15, 0.2) is 53.9 Å². The number of rotatable bonds is 6. The molecule has 2 rings (SSSR count). The van der Waals surface area contributed by atoms with Crippen molar-refractivity contribution in [2.45, 2.75) is 6.92 Å². The molecule has 4 nitrogen and oxygen atoms in total. The Balaban J connectivity index is 2.22. The zero-order valence-corrected chi connectivity index (χ0v) is 13.6. The van der Waals surface area contributed by atoms with Crippen LogP contribution in [0.2, 0.25) is 5.02 Å². The number of nitrogens with one attached hydrogen (secondary N) is 1. The van der Waals surface area contributed by atoms with Gasteiger partial charge in [0.25, 0.3) is 10.0 Å². The number of hydrogen-bond acceptors (Lipinski definition) is 3. The fraction of sp³-hybridized carbons (Fsp3) is 0.125. The lowest BCUT2D eigenvalue weighted by molar-refractivity contribution is 0.342. The highest BCUT2D eigenvalue weighted by atomic mass is 35.5. The highest BCUT2D eigenvalue weighted by molar-refractivity contribution is 7.95. The summed E-state index contributed by atoms with van der Waals surface area (Å²) in [6, 6.07) is 14.1. The number of benzene rings is 2. The van der Waals surface area contributed by atoms with Crippen LogP contribution in [0.1, 0.15) is 12.5 Å². The molecule has 0 heterocycles. The number of hydrogen-bond donors (Lipinski definition) is 1. The van der Waals surface area contributed by atoms with Crippen molar-refractivity contribution in [1.82, 2.24) is 0 Å². The first-order chi connectivity index (χ1) is 10.5. The Bertz CT molecular complexity index is 758. The number of ether oxygens (including phenoxy) is 1. The molecule has 2 aromatic rings. The molecule has 0 atom stereocenters. The third-order valence-electron chi connectivity index (χ3n) is 2.75. The predicted octanol–water partition coefficient (Wildman–Crippen LogP) is 4.15. The first kappa shape index (κ1) is 16.4. The molecule has 0 aliphatic carbocycles. The summed E-state index contributed by atoms with van der Waals surface area (Å²) in [5, 5.41) is 1.47. The normalized spacial score (nSPS) is 11.5. The second kappa shape index (κ2) is 7.33. The summed E-state index contributed by atoms with van der Waals surface area (Å²) in [6.45, 7) is 2.19. The average molecular weight is 338 g/mol. The molecule has 0 saturated heterocycles. The van der Waals surface area contributed by atoms with Gasteiger partial charge in [-0.25, -0.2) is 8.42 Å². The smallest absolute Gasteiger partial charge is 0.255 e. The zero-order chi connectivity index (χ0) is 16.0. The highest BCUT2D eigenvalue weighted by Crippen LogP contribution is 2.33. The van der Waals surface area contributed by atoms with Crippen LogP contribution in [0.3, 0.4) is 0 Å². The summed E-state index contributed by atoms with van der Waals surface area (Å²) in [5.41, 5.74) is 1.11. The second-order valence-electron chi connectivity index (χ2n) is 4.41. The van der Waals surface area contributed by atoms with Gasteiger partial charge in [0, 0.05) is 0 Å². The number of para-hydroxylation sites is 1. The van der Waals surface area contributed by atoms with E-state index in [-0.39, 0.29) is 0 Å². The monoisotopic (exact) mass is 337 g/mol. The maximum atomic E-state index is 12.1. The van der Waals surface area contributed by atoms with E-state index in [9.17, 15) is 8.42 Å². The lowest BCUT2D eigenvalue weighted by atomic mass is 10.2. The van der Waals surface area contributed by atoms with Crippen LogP contribution in [0, 0.1) is 0 Å². The quantitative estimate of drug-likeness (QED) is 0.861. The molecule has 0 aliphatic rings. The maximum absolute atomic E-state index is 12.1. The Morgan fingerprint density at radius 1 is 1.14 bits per heavy atom. The fourth-order valence-electron chi connectivity index (χ4n) is 1.80. The number of anilines is 1. The molecular weight excluding hydrogens is 322 g/mol. The lowest BCUT2D eigenvalue weighted by Gasteiger charge is -2.12. The Kier molecular flexibility index (Phi) is 5.46. The van der Waals surface area contributed by atoms with Crippen LogP contribution in [0.4, 0.5) is 5.69 Å². The first-order valence-electron chi connectivity index (χ1n) is 6.69. The van der Waals surface area contributed by atoms with Crippen LogP contribution >= 0.6 is 11.6 Å². The molecule has 22 heavy (non-hydrogen) atoms. The maximum Gasteiger partial charge on any atom is 0.255 e. The van der Waals surface area contributed by atoms with Crippen molar-refractivity contribution in [3.63, 3.8) is 0 Å². The van der Waals surface area contributed by atoms with Crippen LogP contribution in [-0.4, -0.2) is 15.0 Å². The minimum absolute atomic E-state index is 0.312. The van der Waals surface area contributed by atoms with Crippen molar-refractivity contribution in [3.8, 4) is 5.75 Å². The molecule has 0 unspecified atom stereocenters. The summed E-state index contributed by atoms with van der Waals surface area (Å²) in [6.07, 6.45) is 1.52. The van der Waals surface area contributed by atoms with Gasteiger partial charge in [-0.15, -0.1) is 0 Å². The standard InChI is InChI=1S/C16H16ClNO3S/c1-2-21-16-14(17)9-6-10-15(16)18-22(19,20)12-11-13-7-4-3-5-8-13/h3-12,18H,2H2,1H3/b12-11+. The van der Waals surface area contributed by atoms with E-state index < -0.39 is 10.0 Å². The van der Waals surface area contributed by atoms with Crippen LogP contribution < -0.4 is 9.46 Å². The van der Waals surface area contributed by atoms with Crippen molar-refractivity contribution in [2.24, 2.45) is 0 Å². The molecule has 0 aliphatic heterocycles. The summed E-state index contributed by atoms with van der Waals surface area (Å²) in [4.78, 5) is 0. The zero-order valence-electron chi connectivity index (χ0n) is 12.0. The van der Waals surface area contributed by atoms with Crippen LogP contribution in [0.5, 0.6) is 5.75 Å². The minimum Gasteiger partial charge on any atom is -0.490 e. The SMILES string of the molecule is CCOc1c(Cl)cccc1NS(=O)(=O)/C=C/c1ccccc1. The van der Waals surface area contributed by atoms with Crippen molar-refractivity contribution in [3.05, 3.63) is 64.5 Å². The van der Waals surface area contributed by atoms with E-state index in [2.05, 4.69) is 4.72 Å². The van der Waals surface area contributed by atoms with E-state index in [1.807, 2.05) is 30.3 Å². The van der Waals surface area contributed by atoms with Gasteiger partial charge in [-0.3, -0.25) is 4.72 Å². The van der Waals surface area contributed by atoms with Crippen molar-refractivity contribution in [2.75, 3.05) is 11.3 Å². The van der Waals surface area contributed by atoms with E-state index in [0.717, 1.165) is 11.0 Å². The second-order valence-corrected chi connectivity index (χ2v) is 6.38. The molecule has 0 spiro atoms. The van der Waals surface area contributed by atoms with Gasteiger partial charge in [0.15, 0.2) is 5.75 Å². The van der Waals surface area contributed by atoms with E-state index in [1.165, 1.54) is 6.08 Å². The molecule has 0 radical (unpaired) electrons. The minimum atomic E-state index is -3.66. The Morgan fingerprint density at radius 2 is 1.86 bits per heavy atom. The molecule has 1 N–H and O–H groups in total. The van der Waals surface area contributed by atoms with Gasteiger partial charge in [-0.05, 0) is 30.7 Å². The summed E-state index contributed by atoms with van der Waals surface area (Å²) >= 11 is 6.03. The van der Waals surface area contributed by atoms with Gasteiger partial charge in [0.2, 0.25) is 0 Å². The fourth-order valence-corrected chi connectivity index (χ4v) is 2.90. The molecule has 116 valence electrons. The molecule has 0 fully saturated rings. The summed E-state index contributed by atoms with van der Waals surface area (Å²) in [5.74, 6) is 0.323. The summed E-state index contributed by atoms with van der Waals surface area (Å²) in [7, 11) is -3.66. The number of halogens is 1. The highest BCUT2D eigenvalue weighted by Gasteiger charge is 2.13. The van der Waals surface area contributed by atoms with Gasteiger partial charge in [-0.2, -0.15) is 0 Å². The lowest BCUT2D eigenvalue weighted by Crippen LogP contribution is -2.10. The van der Waals surface area contributed by atoms with Gasteiger partial charge < -0.3 is 4.74 Å². The van der Waals surface area contributed by atoms with Gasteiger partial charge in [0.05, 0.1) is 22.7 Å². The van der Waals surface area contributed by atoms with Crippen LogP contribution in [0.25, 0.3) is 6.08 Å². The summed E-state index contributed by atoms with van der Waals surface area (Å²) < 4.78 is 32.1. The van der Waals surface area contributed by atoms with E-state index in [1.54, 1.807) is 25.1 Å². The molecule has 0 amide bonds. The first-order valence-corrected chi connectivity index (χ1v) is 8.61. The molecule has 2 aromatic carbocycles. The Morgan fingerprint density at radius 3 is 2.55 bits per heavy atom. The molecule has 6 heteroatoms. The Labute approximate surface area is 135 Å². The number of sulfonamides is 1. The third kappa shape index (κ3) is 4.51. The van der Waals surface area contributed by atoms with E-state index >= 15 is 0 Å². The Hall–Kier alpha value is -1.98. The van der Waals surface area contributed by atoms with Crippen molar-refractivity contribution in [1.29, 1.82) is 0 Å². The van der Waals surface area contributed by atoms with Gasteiger partial charge in [-0.1, -0.05) is 48.0 Å². The molecular formula is C16H16ClNO3S. The van der Waals surface area contributed by atoms with E-state index in [0.29, 0.717) is 23.1 Å². The third-order valence-corrected chi connectivity index (χ3v) is 4.04. The van der Waals surface area contributed by atoms with Crippen molar-refractivity contribution < 1.29 is 13.2 Å². The van der Waals surface area contributed by atoms with Crippen molar-refractivity contribution >= 4 is 33.4 Å².